The minimum absolute atomic E-state index is 0.951. The number of hydrogen-bond acceptors (Lipinski definition) is 0. The zero-order valence-electron chi connectivity index (χ0n) is 10.9. The maximum Gasteiger partial charge on any atom is -0.0130 e. The van der Waals surface area contributed by atoms with Crippen LogP contribution in [0.15, 0.2) is 0 Å². The topological polar surface area (TPSA) is 0 Å². The van der Waals surface area contributed by atoms with E-state index in [0.717, 1.165) is 21.7 Å². The van der Waals surface area contributed by atoms with Crippen LogP contribution in [0.2, 0.25) is 0 Å². The van der Waals surface area contributed by atoms with E-state index in [-0.39, 0.29) is 0 Å². The van der Waals surface area contributed by atoms with Crippen LogP contribution in [0.1, 0.15) is 13.8 Å². The number of rotatable bonds is 1. The molecule has 0 heteroatoms. The van der Waals surface area contributed by atoms with Crippen LogP contribution in [-0.2, 0) is 0 Å². The van der Waals surface area contributed by atoms with Crippen LogP contribution in [0.3, 0.4) is 0 Å². The Balaban J connectivity index is 1.26. The van der Waals surface area contributed by atoms with Gasteiger partial charge < -0.3 is 0 Å². The standard InChI is InChI=1S/C18H18/c1-15-3-9-4(15)11-5(15)10(3)17(9,11)18-12-6-13(18)8-14(18)7(12)16(6,8)2/h3-14H,1-2H3. The van der Waals surface area contributed by atoms with Crippen molar-refractivity contribution in [2.75, 3.05) is 0 Å². The summed E-state index contributed by atoms with van der Waals surface area (Å²) in [6.07, 6.45) is 0. The van der Waals surface area contributed by atoms with Crippen molar-refractivity contribution in [3.63, 3.8) is 0 Å². The van der Waals surface area contributed by atoms with Crippen molar-refractivity contribution < 1.29 is 0 Å². The lowest BCUT2D eigenvalue weighted by Crippen LogP contribution is -3.20. The fourth-order valence-corrected chi connectivity index (χ4v) is 13.9. The van der Waals surface area contributed by atoms with Gasteiger partial charge in [-0.15, -0.1) is 0 Å². The molecule has 0 unspecified atom stereocenters. The molecule has 0 spiro atoms. The van der Waals surface area contributed by atoms with Crippen LogP contribution in [0.25, 0.3) is 0 Å². The Bertz CT molecular complexity index is 530. The largest absolute Gasteiger partial charge is 0.0588 e. The van der Waals surface area contributed by atoms with Crippen molar-refractivity contribution >= 4 is 0 Å². The summed E-state index contributed by atoms with van der Waals surface area (Å²) in [5.41, 5.74) is 4.03. The smallest absolute Gasteiger partial charge is 0.0130 e. The first kappa shape index (κ1) is 7.14. The third-order valence-corrected chi connectivity index (χ3v) is 13.0. The van der Waals surface area contributed by atoms with Crippen molar-refractivity contribution in [1.29, 1.82) is 0 Å². The van der Waals surface area contributed by atoms with Gasteiger partial charge in [-0.25, -0.2) is 0 Å². The normalized spacial score (nSPS) is 115. The van der Waals surface area contributed by atoms with Crippen LogP contribution < -0.4 is 0 Å². The van der Waals surface area contributed by atoms with Gasteiger partial charge in [-0.05, 0) is 92.7 Å². The van der Waals surface area contributed by atoms with E-state index < -0.39 is 0 Å². The van der Waals surface area contributed by atoms with Gasteiger partial charge in [0, 0.05) is 0 Å². The second kappa shape index (κ2) is 1.21. The Morgan fingerprint density at radius 2 is 0.611 bits per heavy atom. The fourth-order valence-electron chi connectivity index (χ4n) is 13.9. The SMILES string of the molecule is CC12C3C4C1C1C2C3C41C12C3C4C1C1C2C3C41C. The summed E-state index contributed by atoms with van der Waals surface area (Å²) in [6.45, 7) is 5.33. The first-order chi connectivity index (χ1) is 8.71. The molecule has 0 bridgehead atoms. The van der Waals surface area contributed by atoms with Gasteiger partial charge in [-0.3, -0.25) is 0 Å². The molecule has 0 amide bonds. The molecule has 12 aliphatic carbocycles. The van der Waals surface area contributed by atoms with E-state index in [0.29, 0.717) is 0 Å². The summed E-state index contributed by atoms with van der Waals surface area (Å²) in [4.78, 5) is 0. The van der Waals surface area contributed by atoms with Gasteiger partial charge in [0.15, 0.2) is 0 Å². The van der Waals surface area contributed by atoms with Crippen molar-refractivity contribution in [3.05, 3.63) is 0 Å². The second-order valence-electron chi connectivity index (χ2n) is 10.9. The summed E-state index contributed by atoms with van der Waals surface area (Å²) in [7, 11) is 0. The minimum atomic E-state index is 0.951. The molecule has 0 aliphatic heterocycles. The molecule has 18 heavy (non-hydrogen) atoms. The van der Waals surface area contributed by atoms with Crippen molar-refractivity contribution in [1.82, 2.24) is 0 Å². The summed E-state index contributed by atoms with van der Waals surface area (Å²) in [6, 6.07) is 0. The lowest BCUT2D eigenvalue weighted by atomic mass is 8.81. The molecule has 0 radical (unpaired) electrons. The molecule has 0 heterocycles. The molecule has 12 aliphatic rings. The van der Waals surface area contributed by atoms with Gasteiger partial charge in [0.05, 0.1) is 0 Å². The van der Waals surface area contributed by atoms with Crippen LogP contribution >= 0.6 is 0 Å². The van der Waals surface area contributed by atoms with Gasteiger partial charge in [0.25, 0.3) is 0 Å². The highest BCUT2D eigenvalue weighted by Crippen LogP contribution is 3.22. The molecule has 12 saturated carbocycles. The van der Waals surface area contributed by atoms with E-state index in [1.165, 1.54) is 71.0 Å². The second-order valence-corrected chi connectivity index (χ2v) is 10.9. The van der Waals surface area contributed by atoms with E-state index in [1.807, 2.05) is 0 Å². The van der Waals surface area contributed by atoms with Gasteiger partial charge >= 0.3 is 0 Å². The first-order valence-corrected chi connectivity index (χ1v) is 8.71. The summed E-state index contributed by atoms with van der Waals surface area (Å²) < 4.78 is 0. The maximum absolute atomic E-state index is 2.67. The molecule has 90 valence electrons. The predicted molar refractivity (Wildman–Crippen MR) is 63.0 cm³/mol. The lowest BCUT2D eigenvalue weighted by molar-refractivity contribution is -0.769. The van der Waals surface area contributed by atoms with Gasteiger partial charge in [-0.1, -0.05) is 13.8 Å². The van der Waals surface area contributed by atoms with Gasteiger partial charge in [0.1, 0.15) is 0 Å². The van der Waals surface area contributed by atoms with E-state index in [2.05, 4.69) is 13.8 Å². The van der Waals surface area contributed by atoms with Crippen LogP contribution in [-0.4, -0.2) is 0 Å². The molecule has 0 aromatic carbocycles. The van der Waals surface area contributed by atoms with Gasteiger partial charge in [0.2, 0.25) is 0 Å². The van der Waals surface area contributed by atoms with Crippen molar-refractivity contribution in [2.45, 2.75) is 13.8 Å². The molecule has 0 N–H and O–H groups in total. The van der Waals surface area contributed by atoms with E-state index in [9.17, 15) is 0 Å². The molecule has 0 nitrogen and oxygen atoms in total. The lowest BCUT2D eigenvalue weighted by Gasteiger charge is -3.23. The average molecular weight is 234 g/mol. The highest BCUT2D eigenvalue weighted by Gasteiger charge is 3.19. The Hall–Kier alpha value is 0. The molecule has 0 atom stereocenters. The Kier molecular flexibility index (Phi) is 0.479. The third-order valence-electron chi connectivity index (χ3n) is 13.0. The average Bonchev–Trinajstić information content (AvgIpc) is 2.41. The number of hydrogen-bond donors (Lipinski definition) is 0. The van der Waals surface area contributed by atoms with Crippen LogP contribution in [0.5, 0.6) is 0 Å². The van der Waals surface area contributed by atoms with E-state index in [1.54, 1.807) is 0 Å². The highest BCUT2D eigenvalue weighted by atomic mass is 15.2. The Morgan fingerprint density at radius 1 is 0.389 bits per heavy atom. The molecule has 12 rings (SSSR count). The zero-order chi connectivity index (χ0) is 10.9. The Morgan fingerprint density at radius 3 is 0.833 bits per heavy atom. The molecule has 0 aromatic heterocycles. The maximum atomic E-state index is 2.67. The quantitative estimate of drug-likeness (QED) is 0.654. The Labute approximate surface area is 107 Å². The molecule has 12 fully saturated rings. The minimum Gasteiger partial charge on any atom is -0.0588 e. The predicted octanol–water partition coefficient (Wildman–Crippen LogP) is 2.50. The summed E-state index contributed by atoms with van der Waals surface area (Å²) in [5, 5.41) is 0. The summed E-state index contributed by atoms with van der Waals surface area (Å²) in [5.74, 6) is 15.6. The van der Waals surface area contributed by atoms with Crippen LogP contribution in [0, 0.1) is 92.7 Å². The van der Waals surface area contributed by atoms with Crippen LogP contribution in [0.4, 0.5) is 0 Å². The van der Waals surface area contributed by atoms with E-state index in [4.69, 9.17) is 0 Å². The third kappa shape index (κ3) is 0.216. The molecular weight excluding hydrogens is 216 g/mol. The fraction of sp³-hybridized carbons (Fsp3) is 1.00. The monoisotopic (exact) mass is 234 g/mol. The van der Waals surface area contributed by atoms with E-state index >= 15 is 0 Å². The van der Waals surface area contributed by atoms with Crippen molar-refractivity contribution in [3.8, 4) is 0 Å². The molecule has 0 saturated heterocycles. The molecule has 0 aromatic rings. The summed E-state index contributed by atoms with van der Waals surface area (Å²) >= 11 is 0. The van der Waals surface area contributed by atoms with Gasteiger partial charge in [-0.2, -0.15) is 0 Å². The molecular formula is C18H18. The first-order valence-electron chi connectivity index (χ1n) is 8.71. The highest BCUT2D eigenvalue weighted by molar-refractivity contribution is 5.65. The van der Waals surface area contributed by atoms with Crippen molar-refractivity contribution in [2.24, 2.45) is 92.7 Å². The zero-order valence-corrected chi connectivity index (χ0v) is 10.9.